The molecule has 0 spiro atoms. The summed E-state index contributed by atoms with van der Waals surface area (Å²) in [6.45, 7) is 7.90. The number of nitrogens with zero attached hydrogens (tertiary/aromatic N) is 4. The van der Waals surface area contributed by atoms with Crippen molar-refractivity contribution in [3.8, 4) is 11.3 Å². The molecule has 1 aromatic carbocycles. The molecule has 7 nitrogen and oxygen atoms in total. The van der Waals surface area contributed by atoms with Gasteiger partial charge in [-0.15, -0.1) is 0 Å². The smallest absolute Gasteiger partial charge is 0.272 e. The van der Waals surface area contributed by atoms with Crippen LogP contribution < -0.4 is 0 Å². The number of Topliss-reactive ketones (excluding diaryl/α,β-unsaturated/α-hetero) is 1. The van der Waals surface area contributed by atoms with Crippen LogP contribution in [0.25, 0.3) is 16.9 Å². The first-order valence-corrected chi connectivity index (χ1v) is 14.4. The van der Waals surface area contributed by atoms with Crippen molar-refractivity contribution >= 4 is 17.3 Å². The molecule has 2 saturated heterocycles. The van der Waals surface area contributed by atoms with Crippen LogP contribution in [0.4, 0.5) is 0 Å². The zero-order valence-corrected chi connectivity index (χ0v) is 23.0. The third-order valence-electron chi connectivity index (χ3n) is 8.13. The van der Waals surface area contributed by atoms with Gasteiger partial charge < -0.3 is 9.64 Å². The zero-order valence-electron chi connectivity index (χ0n) is 23.0. The van der Waals surface area contributed by atoms with Crippen molar-refractivity contribution in [2.45, 2.75) is 97.1 Å². The van der Waals surface area contributed by atoms with Gasteiger partial charge in [-0.05, 0) is 69.6 Å². The van der Waals surface area contributed by atoms with Gasteiger partial charge in [0.1, 0.15) is 11.5 Å². The second-order valence-electron chi connectivity index (χ2n) is 11.0. The van der Waals surface area contributed by atoms with Crippen molar-refractivity contribution < 1.29 is 14.3 Å². The van der Waals surface area contributed by atoms with Crippen molar-refractivity contribution in [1.82, 2.24) is 19.5 Å². The first kappa shape index (κ1) is 26.5. The van der Waals surface area contributed by atoms with Crippen LogP contribution in [0, 0.1) is 6.92 Å². The van der Waals surface area contributed by atoms with Gasteiger partial charge in [0.25, 0.3) is 5.91 Å². The lowest BCUT2D eigenvalue weighted by atomic mass is 9.98. The molecule has 1 amide bonds. The highest BCUT2D eigenvalue weighted by molar-refractivity contribution is 5.93. The van der Waals surface area contributed by atoms with Gasteiger partial charge in [0.2, 0.25) is 0 Å². The Morgan fingerprint density at radius 3 is 2.71 bits per heavy atom. The number of hydrogen-bond acceptors (Lipinski definition) is 5. The number of aromatic nitrogens is 3. The van der Waals surface area contributed by atoms with Crippen molar-refractivity contribution in [1.29, 1.82) is 0 Å². The largest absolute Gasteiger partial charge is 0.378 e. The molecule has 0 bridgehead atoms. The number of carbonyl (C=O) groups excluding carboxylic acids is 2. The number of rotatable bonds is 8. The highest BCUT2D eigenvalue weighted by Gasteiger charge is 2.25. The summed E-state index contributed by atoms with van der Waals surface area (Å²) in [4.78, 5) is 32.8. The van der Waals surface area contributed by atoms with E-state index < -0.39 is 0 Å². The summed E-state index contributed by atoms with van der Waals surface area (Å²) in [6.07, 6.45) is 9.46. The quantitative estimate of drug-likeness (QED) is 0.381. The summed E-state index contributed by atoms with van der Waals surface area (Å²) >= 11 is 0. The minimum absolute atomic E-state index is 0.0176. The molecule has 0 saturated carbocycles. The monoisotopic (exact) mass is 516 g/mol. The Morgan fingerprint density at radius 1 is 1.08 bits per heavy atom. The maximum Gasteiger partial charge on any atom is 0.272 e. The standard InChI is InChI=1S/C31H40N4O3/c1-4-24-19-29(31(37)34-15-7-5-6-9-22(34)3)32-30-20-28(33-35(24)30)27-14-11-23(17-21(27)2)18-25(36)12-13-26-10-8-16-38-26/h11,14,17,19-20,22,26H,4-10,12-13,15-16,18H2,1-3H3. The molecule has 2 aliphatic heterocycles. The van der Waals surface area contributed by atoms with Crippen molar-refractivity contribution in [2.24, 2.45) is 0 Å². The lowest BCUT2D eigenvalue weighted by Crippen LogP contribution is -2.38. The Morgan fingerprint density at radius 2 is 1.95 bits per heavy atom. The molecule has 3 aromatic rings. The van der Waals surface area contributed by atoms with Gasteiger partial charge in [-0.25, -0.2) is 9.50 Å². The topological polar surface area (TPSA) is 76.8 Å². The van der Waals surface area contributed by atoms with Gasteiger partial charge in [-0.1, -0.05) is 38.0 Å². The van der Waals surface area contributed by atoms with Crippen LogP contribution in [0.15, 0.2) is 30.3 Å². The molecule has 0 N–H and O–H groups in total. The molecular formula is C31H40N4O3. The molecule has 2 aromatic heterocycles. The maximum absolute atomic E-state index is 13.5. The third kappa shape index (κ3) is 5.83. The number of benzene rings is 1. The zero-order chi connectivity index (χ0) is 26.6. The Labute approximate surface area is 225 Å². The van der Waals surface area contributed by atoms with Crippen LogP contribution in [0.3, 0.4) is 0 Å². The highest BCUT2D eigenvalue weighted by atomic mass is 16.5. The number of hydrogen-bond donors (Lipinski definition) is 0. The van der Waals surface area contributed by atoms with Gasteiger partial charge >= 0.3 is 0 Å². The summed E-state index contributed by atoms with van der Waals surface area (Å²) in [5.74, 6) is 0.275. The fraction of sp³-hybridized carbons (Fsp3) is 0.548. The molecule has 2 aliphatic rings. The SMILES string of the molecule is CCc1cc(C(=O)N2CCCCCC2C)nc2cc(-c3ccc(CC(=O)CCC4CCCO4)cc3C)nn12. The Bertz CT molecular complexity index is 1310. The molecule has 38 heavy (non-hydrogen) atoms. The summed E-state index contributed by atoms with van der Waals surface area (Å²) in [7, 11) is 0. The molecule has 2 unspecified atom stereocenters. The minimum Gasteiger partial charge on any atom is -0.378 e. The molecule has 7 heteroatoms. The molecule has 202 valence electrons. The minimum atomic E-state index is 0.0176. The van der Waals surface area contributed by atoms with Crippen LogP contribution in [0.1, 0.15) is 92.5 Å². The van der Waals surface area contributed by atoms with E-state index >= 15 is 0 Å². The van der Waals surface area contributed by atoms with E-state index in [1.807, 2.05) is 27.6 Å². The normalized spacial score (nSPS) is 20.1. The molecule has 4 heterocycles. The van der Waals surface area contributed by atoms with E-state index in [2.05, 4.69) is 32.9 Å². The number of likely N-dealkylation sites (tertiary alicyclic amines) is 1. The molecule has 5 rings (SSSR count). The summed E-state index contributed by atoms with van der Waals surface area (Å²) in [5.41, 5.74) is 6.11. The number of ketones is 1. The second-order valence-corrected chi connectivity index (χ2v) is 11.0. The number of ether oxygens (including phenoxy) is 1. The van der Waals surface area contributed by atoms with Crippen LogP contribution >= 0.6 is 0 Å². The highest BCUT2D eigenvalue weighted by Crippen LogP contribution is 2.26. The van der Waals surface area contributed by atoms with E-state index in [1.54, 1.807) is 0 Å². The van der Waals surface area contributed by atoms with E-state index in [1.165, 1.54) is 12.8 Å². The predicted octanol–water partition coefficient (Wildman–Crippen LogP) is 5.74. The first-order valence-electron chi connectivity index (χ1n) is 14.4. The molecule has 2 atom stereocenters. The van der Waals surface area contributed by atoms with Gasteiger partial charge in [0.15, 0.2) is 5.65 Å². The van der Waals surface area contributed by atoms with Crippen LogP contribution in [-0.4, -0.2) is 56.5 Å². The van der Waals surface area contributed by atoms with E-state index in [-0.39, 0.29) is 23.8 Å². The van der Waals surface area contributed by atoms with Crippen LogP contribution in [0.5, 0.6) is 0 Å². The molecule has 0 radical (unpaired) electrons. The molecule has 2 fully saturated rings. The summed E-state index contributed by atoms with van der Waals surface area (Å²) in [6, 6.07) is 10.3. The lowest BCUT2D eigenvalue weighted by Gasteiger charge is -2.27. The summed E-state index contributed by atoms with van der Waals surface area (Å²) < 4.78 is 7.51. The molecule has 0 aliphatic carbocycles. The number of carbonyl (C=O) groups is 2. The lowest BCUT2D eigenvalue weighted by molar-refractivity contribution is -0.119. The van der Waals surface area contributed by atoms with Crippen molar-refractivity contribution in [2.75, 3.05) is 13.2 Å². The van der Waals surface area contributed by atoms with Gasteiger partial charge in [-0.3, -0.25) is 9.59 Å². The first-order chi connectivity index (χ1) is 18.4. The fourth-order valence-electron chi connectivity index (χ4n) is 5.89. The maximum atomic E-state index is 13.5. The molecular weight excluding hydrogens is 476 g/mol. The van der Waals surface area contributed by atoms with Crippen LogP contribution in [-0.2, 0) is 22.4 Å². The van der Waals surface area contributed by atoms with Crippen molar-refractivity contribution in [3.63, 3.8) is 0 Å². The van der Waals surface area contributed by atoms with Gasteiger partial charge in [-0.2, -0.15) is 5.10 Å². The third-order valence-corrected chi connectivity index (χ3v) is 8.13. The average molecular weight is 517 g/mol. The number of fused-ring (bicyclic) bond motifs is 1. The number of aryl methyl sites for hydroxylation is 2. The number of amides is 1. The Balaban J connectivity index is 1.35. The average Bonchev–Trinajstić information content (AvgIpc) is 3.53. The van der Waals surface area contributed by atoms with Gasteiger partial charge in [0.05, 0.1) is 11.8 Å². The van der Waals surface area contributed by atoms with E-state index in [4.69, 9.17) is 14.8 Å². The Hall–Kier alpha value is -3.06. The second kappa shape index (κ2) is 11.8. The van der Waals surface area contributed by atoms with E-state index in [9.17, 15) is 9.59 Å². The summed E-state index contributed by atoms with van der Waals surface area (Å²) in [5, 5.41) is 4.87. The van der Waals surface area contributed by atoms with E-state index in [0.717, 1.165) is 79.8 Å². The Kier molecular flexibility index (Phi) is 8.22. The predicted molar refractivity (Wildman–Crippen MR) is 148 cm³/mol. The van der Waals surface area contributed by atoms with Crippen molar-refractivity contribution in [3.05, 3.63) is 52.8 Å². The fourth-order valence-corrected chi connectivity index (χ4v) is 5.89. The van der Waals surface area contributed by atoms with E-state index in [0.29, 0.717) is 24.2 Å². The van der Waals surface area contributed by atoms with Crippen LogP contribution in [0.2, 0.25) is 0 Å². The van der Waals surface area contributed by atoms with Gasteiger partial charge in [0, 0.05) is 49.4 Å².